The molecule has 4 rings (SSSR count). The molecule has 0 saturated heterocycles. The lowest BCUT2D eigenvalue weighted by molar-refractivity contribution is -0.114. The second-order valence-electron chi connectivity index (χ2n) is 7.74. The van der Waals surface area contributed by atoms with E-state index in [9.17, 15) is 17.6 Å². The number of ether oxygens (including phenoxy) is 2. The van der Waals surface area contributed by atoms with Crippen LogP contribution in [0.4, 0.5) is 15.8 Å². The maximum Gasteiger partial charge on any atom is 0.264 e. The van der Waals surface area contributed by atoms with E-state index < -0.39 is 28.3 Å². The van der Waals surface area contributed by atoms with Crippen molar-refractivity contribution in [3.8, 4) is 11.5 Å². The van der Waals surface area contributed by atoms with Crippen molar-refractivity contribution >= 4 is 49.7 Å². The zero-order valence-corrected chi connectivity index (χ0v) is 20.9. The molecule has 4 aromatic rings. The fourth-order valence-corrected chi connectivity index (χ4v) is 5.26. The summed E-state index contributed by atoms with van der Waals surface area (Å²) in [6.07, 6.45) is 0. The molecular weight excluding hydrogens is 507 g/mol. The summed E-state index contributed by atoms with van der Waals surface area (Å²) in [5.74, 6) is -0.794. The van der Waals surface area contributed by atoms with Crippen LogP contribution in [0.1, 0.15) is 0 Å². The number of fused-ring (bicyclic) bond motifs is 1. The van der Waals surface area contributed by atoms with Crippen molar-refractivity contribution in [3.63, 3.8) is 0 Å². The molecule has 0 saturated carbocycles. The first-order valence-corrected chi connectivity index (χ1v) is 12.5. The Kier molecular flexibility index (Phi) is 7.32. The van der Waals surface area contributed by atoms with Gasteiger partial charge in [0.05, 0.1) is 29.8 Å². The van der Waals surface area contributed by atoms with E-state index in [-0.39, 0.29) is 21.4 Å². The fraction of sp³-hybridized carbons (Fsp3) is 0.115. The molecule has 4 aromatic carbocycles. The van der Waals surface area contributed by atoms with Crippen molar-refractivity contribution in [1.29, 1.82) is 0 Å². The molecule has 1 amide bonds. The quantitative estimate of drug-likeness (QED) is 0.327. The highest BCUT2D eigenvalue weighted by atomic mass is 35.5. The highest BCUT2D eigenvalue weighted by Crippen LogP contribution is 2.33. The molecule has 0 bridgehead atoms. The third-order valence-corrected chi connectivity index (χ3v) is 7.51. The Bertz CT molecular complexity index is 1540. The molecule has 0 aromatic heterocycles. The summed E-state index contributed by atoms with van der Waals surface area (Å²) in [6, 6.07) is 20.5. The number of methoxy groups -OCH3 is 2. The number of hydrogen-bond acceptors (Lipinski definition) is 5. The molecule has 0 heterocycles. The van der Waals surface area contributed by atoms with Gasteiger partial charge in [-0.05, 0) is 53.2 Å². The number of anilines is 2. The minimum Gasteiger partial charge on any atom is -0.493 e. The number of carbonyl (C=O) groups excluding carboxylic acids is 1. The number of hydrogen-bond donors (Lipinski definition) is 1. The summed E-state index contributed by atoms with van der Waals surface area (Å²) >= 11 is 5.93. The Morgan fingerprint density at radius 2 is 1.64 bits per heavy atom. The van der Waals surface area contributed by atoms with E-state index in [1.54, 1.807) is 12.1 Å². The number of sulfonamides is 1. The van der Waals surface area contributed by atoms with E-state index in [1.165, 1.54) is 38.5 Å². The molecule has 0 aliphatic rings. The number of halogens is 2. The van der Waals surface area contributed by atoms with Crippen LogP contribution < -0.4 is 19.1 Å². The topological polar surface area (TPSA) is 84.9 Å². The van der Waals surface area contributed by atoms with Crippen molar-refractivity contribution in [2.24, 2.45) is 0 Å². The molecule has 10 heteroatoms. The van der Waals surface area contributed by atoms with Gasteiger partial charge in [-0.25, -0.2) is 12.8 Å². The summed E-state index contributed by atoms with van der Waals surface area (Å²) in [5, 5.41) is 4.35. The van der Waals surface area contributed by atoms with Crippen LogP contribution in [0.25, 0.3) is 10.8 Å². The molecule has 0 unspecified atom stereocenters. The molecule has 0 aliphatic heterocycles. The number of benzene rings is 4. The van der Waals surface area contributed by atoms with Crippen LogP contribution in [0.2, 0.25) is 5.02 Å². The van der Waals surface area contributed by atoms with E-state index in [1.807, 2.05) is 30.3 Å². The Hall–Kier alpha value is -3.82. The number of nitrogens with one attached hydrogen (secondary N) is 1. The first-order chi connectivity index (χ1) is 17.2. The lowest BCUT2D eigenvalue weighted by atomic mass is 10.1. The van der Waals surface area contributed by atoms with Gasteiger partial charge in [0.15, 0.2) is 11.5 Å². The third-order valence-electron chi connectivity index (χ3n) is 5.45. The third kappa shape index (κ3) is 5.22. The molecule has 0 fully saturated rings. The second kappa shape index (κ2) is 10.4. The number of carbonyl (C=O) groups is 1. The van der Waals surface area contributed by atoms with E-state index in [2.05, 4.69) is 5.32 Å². The van der Waals surface area contributed by atoms with Crippen molar-refractivity contribution in [1.82, 2.24) is 0 Å². The first kappa shape index (κ1) is 25.3. The predicted molar refractivity (Wildman–Crippen MR) is 138 cm³/mol. The van der Waals surface area contributed by atoms with Gasteiger partial charge in [-0.2, -0.15) is 0 Å². The summed E-state index contributed by atoms with van der Waals surface area (Å²) in [7, 11) is -1.50. The van der Waals surface area contributed by atoms with Crippen LogP contribution in [-0.4, -0.2) is 35.1 Å². The van der Waals surface area contributed by atoms with Gasteiger partial charge < -0.3 is 14.8 Å². The minimum absolute atomic E-state index is 0.0184. The van der Waals surface area contributed by atoms with Crippen LogP contribution in [0.15, 0.2) is 83.8 Å². The Morgan fingerprint density at radius 1 is 0.917 bits per heavy atom. The maximum absolute atomic E-state index is 13.8. The van der Waals surface area contributed by atoms with E-state index in [0.29, 0.717) is 11.4 Å². The van der Waals surface area contributed by atoms with Gasteiger partial charge in [0.1, 0.15) is 12.4 Å². The number of amides is 1. The van der Waals surface area contributed by atoms with Gasteiger partial charge in [0.25, 0.3) is 10.0 Å². The normalized spacial score (nSPS) is 11.2. The van der Waals surface area contributed by atoms with Gasteiger partial charge in [0, 0.05) is 11.8 Å². The van der Waals surface area contributed by atoms with Gasteiger partial charge in [0.2, 0.25) is 5.91 Å². The molecule has 0 spiro atoms. The smallest absolute Gasteiger partial charge is 0.264 e. The average Bonchev–Trinajstić information content (AvgIpc) is 2.88. The molecule has 36 heavy (non-hydrogen) atoms. The van der Waals surface area contributed by atoms with Gasteiger partial charge >= 0.3 is 0 Å². The second-order valence-corrected chi connectivity index (χ2v) is 10.0. The Labute approximate surface area is 213 Å². The zero-order chi connectivity index (χ0) is 25.9. The molecule has 1 N–H and O–H groups in total. The Balaban J connectivity index is 1.70. The Morgan fingerprint density at radius 3 is 2.33 bits per heavy atom. The monoisotopic (exact) mass is 528 g/mol. The predicted octanol–water partition coefficient (Wildman–Crippen LogP) is 5.48. The van der Waals surface area contributed by atoms with Crippen molar-refractivity contribution < 1.29 is 27.1 Å². The lowest BCUT2D eigenvalue weighted by Crippen LogP contribution is -2.38. The van der Waals surface area contributed by atoms with E-state index >= 15 is 0 Å². The molecule has 0 aliphatic carbocycles. The molecular formula is C26H22ClFN2O5S. The van der Waals surface area contributed by atoms with Crippen molar-refractivity contribution in [3.05, 3.63) is 89.7 Å². The van der Waals surface area contributed by atoms with Crippen LogP contribution in [0, 0.1) is 5.82 Å². The molecule has 0 atom stereocenters. The van der Waals surface area contributed by atoms with Gasteiger partial charge in [-0.1, -0.05) is 41.9 Å². The van der Waals surface area contributed by atoms with Crippen LogP contribution in [-0.2, 0) is 14.8 Å². The zero-order valence-electron chi connectivity index (χ0n) is 19.4. The van der Waals surface area contributed by atoms with Crippen molar-refractivity contribution in [2.45, 2.75) is 4.90 Å². The minimum atomic E-state index is -4.31. The first-order valence-electron chi connectivity index (χ1n) is 10.7. The van der Waals surface area contributed by atoms with Gasteiger partial charge in [-0.3, -0.25) is 9.10 Å². The summed E-state index contributed by atoms with van der Waals surface area (Å²) in [6.45, 7) is -0.592. The average molecular weight is 529 g/mol. The molecule has 0 radical (unpaired) electrons. The van der Waals surface area contributed by atoms with Crippen LogP contribution in [0.3, 0.4) is 0 Å². The van der Waals surface area contributed by atoms with Crippen LogP contribution in [0.5, 0.6) is 11.5 Å². The van der Waals surface area contributed by atoms with Crippen molar-refractivity contribution in [2.75, 3.05) is 30.4 Å². The SMILES string of the molecule is COc1ccc(S(=O)(=O)N(CC(=O)Nc2ccc3ccccc3c2)c2ccc(F)c(Cl)c2)cc1OC. The fourth-order valence-electron chi connectivity index (χ4n) is 3.66. The largest absolute Gasteiger partial charge is 0.493 e. The molecule has 7 nitrogen and oxygen atoms in total. The van der Waals surface area contributed by atoms with E-state index in [4.69, 9.17) is 21.1 Å². The standard InChI is InChI=1S/C26H22ClFN2O5S/c1-34-24-12-10-21(15-25(24)35-2)36(32,33)30(20-9-11-23(28)22(27)14-20)16-26(31)29-19-8-7-17-5-3-4-6-18(17)13-19/h3-15H,16H2,1-2H3,(H,29,31). The summed E-state index contributed by atoms with van der Waals surface area (Å²) < 4.78 is 52.4. The van der Waals surface area contributed by atoms with E-state index in [0.717, 1.165) is 27.2 Å². The van der Waals surface area contributed by atoms with Gasteiger partial charge in [-0.15, -0.1) is 0 Å². The lowest BCUT2D eigenvalue weighted by Gasteiger charge is -2.25. The highest BCUT2D eigenvalue weighted by Gasteiger charge is 2.29. The summed E-state index contributed by atoms with van der Waals surface area (Å²) in [4.78, 5) is 12.9. The van der Waals surface area contributed by atoms with Crippen LogP contribution >= 0.6 is 11.6 Å². The number of nitrogens with zero attached hydrogens (tertiary/aromatic N) is 1. The number of rotatable bonds is 8. The highest BCUT2D eigenvalue weighted by molar-refractivity contribution is 7.92. The maximum atomic E-state index is 13.8. The molecule has 186 valence electrons. The summed E-state index contributed by atoms with van der Waals surface area (Å²) in [5.41, 5.74) is 0.518.